The Bertz CT molecular complexity index is 472. The van der Waals surface area contributed by atoms with Crippen molar-refractivity contribution in [1.82, 2.24) is 19.3 Å². The number of nitrogens with zero attached hydrogens (tertiary/aromatic N) is 4. The van der Waals surface area contributed by atoms with Gasteiger partial charge in [0, 0.05) is 12.6 Å². The highest BCUT2D eigenvalue weighted by Gasteiger charge is 2.06. The zero-order valence-electron chi connectivity index (χ0n) is 9.25. The van der Waals surface area contributed by atoms with Crippen LogP contribution in [0.3, 0.4) is 0 Å². The number of rotatable bonds is 5. The summed E-state index contributed by atoms with van der Waals surface area (Å²) in [5.74, 6) is 1.00. The predicted octanol–water partition coefficient (Wildman–Crippen LogP) is 1.88. The maximum atomic E-state index is 5.65. The fraction of sp³-hybridized carbons (Fsp3) is 0.333. The molecule has 8 heteroatoms. The number of nitrogen functional groups attached to an aromatic ring is 1. The van der Waals surface area contributed by atoms with E-state index in [1.54, 1.807) is 0 Å². The van der Waals surface area contributed by atoms with Gasteiger partial charge >= 0.3 is 0 Å². The molecule has 2 heterocycles. The van der Waals surface area contributed by atoms with Gasteiger partial charge in [0.1, 0.15) is 17.2 Å². The molecule has 0 aliphatic carbocycles. The van der Waals surface area contributed by atoms with Crippen molar-refractivity contribution < 1.29 is 0 Å². The monoisotopic (exact) mass is 268 g/mol. The molecule has 0 spiro atoms. The molecule has 6 nitrogen and oxygen atoms in total. The van der Waals surface area contributed by atoms with Gasteiger partial charge in [-0.3, -0.25) is 0 Å². The minimum atomic E-state index is 0.262. The van der Waals surface area contributed by atoms with Crippen LogP contribution >= 0.6 is 23.3 Å². The van der Waals surface area contributed by atoms with Crippen LogP contribution in [0.2, 0.25) is 0 Å². The zero-order chi connectivity index (χ0) is 12.1. The number of hydrogen-bond acceptors (Lipinski definition) is 8. The number of hydrogen-bond donors (Lipinski definition) is 2. The Morgan fingerprint density at radius 1 is 1.47 bits per heavy atom. The largest absolute Gasteiger partial charge is 0.370 e. The highest BCUT2D eigenvalue weighted by atomic mass is 32.2. The predicted molar refractivity (Wildman–Crippen MR) is 69.3 cm³/mol. The number of aromatic nitrogens is 4. The van der Waals surface area contributed by atoms with Gasteiger partial charge in [-0.05, 0) is 29.7 Å². The summed E-state index contributed by atoms with van der Waals surface area (Å²) in [5.41, 5.74) is 5.65. The maximum absolute atomic E-state index is 5.65. The van der Waals surface area contributed by atoms with Crippen LogP contribution in [0.5, 0.6) is 0 Å². The Morgan fingerprint density at radius 2 is 2.35 bits per heavy atom. The summed E-state index contributed by atoms with van der Waals surface area (Å²) < 4.78 is 4.77. The van der Waals surface area contributed by atoms with E-state index in [0.29, 0.717) is 0 Å². The Labute approximate surface area is 107 Å². The van der Waals surface area contributed by atoms with Gasteiger partial charge in [-0.1, -0.05) is 6.92 Å². The molecule has 17 heavy (non-hydrogen) atoms. The second kappa shape index (κ2) is 5.78. The molecule has 0 bridgehead atoms. The fourth-order valence-electron chi connectivity index (χ4n) is 1.14. The van der Waals surface area contributed by atoms with Crippen molar-refractivity contribution in [3.05, 3.63) is 12.4 Å². The van der Waals surface area contributed by atoms with Gasteiger partial charge in [-0.15, -0.1) is 0 Å². The minimum absolute atomic E-state index is 0.262. The summed E-state index contributed by atoms with van der Waals surface area (Å²) in [6, 6.07) is 1.86. The molecule has 0 aromatic carbocycles. The van der Waals surface area contributed by atoms with Crippen molar-refractivity contribution in [2.24, 2.45) is 0 Å². The summed E-state index contributed by atoms with van der Waals surface area (Å²) in [7, 11) is 0. The number of anilines is 2. The van der Waals surface area contributed by atoms with Gasteiger partial charge in [0.2, 0.25) is 5.95 Å². The van der Waals surface area contributed by atoms with Gasteiger partial charge in [0.25, 0.3) is 0 Å². The molecule has 2 rings (SSSR count). The van der Waals surface area contributed by atoms with Crippen LogP contribution in [-0.4, -0.2) is 25.9 Å². The van der Waals surface area contributed by atoms with Crippen molar-refractivity contribution in [3.8, 4) is 0 Å². The average molecular weight is 268 g/mol. The smallest absolute Gasteiger partial charge is 0.223 e. The van der Waals surface area contributed by atoms with E-state index in [9.17, 15) is 0 Å². The summed E-state index contributed by atoms with van der Waals surface area (Å²) in [5, 5.41) is 3.95. The normalized spacial score (nSPS) is 10.4. The van der Waals surface area contributed by atoms with Crippen LogP contribution < -0.4 is 11.1 Å². The molecule has 0 aliphatic rings. The number of nitrogens with one attached hydrogen (secondary N) is 1. The highest BCUT2D eigenvalue weighted by molar-refractivity contribution is 8.00. The van der Waals surface area contributed by atoms with Crippen LogP contribution in [0.4, 0.5) is 11.8 Å². The van der Waals surface area contributed by atoms with Crippen molar-refractivity contribution in [2.45, 2.75) is 22.7 Å². The van der Waals surface area contributed by atoms with Crippen molar-refractivity contribution in [3.63, 3.8) is 0 Å². The molecule has 0 atom stereocenters. The van der Waals surface area contributed by atoms with Crippen LogP contribution in [0.1, 0.15) is 13.3 Å². The second-order valence-electron chi connectivity index (χ2n) is 3.19. The molecular formula is C9H12N6S2. The Hall–Kier alpha value is -1.41. The first-order chi connectivity index (χ1) is 8.28. The quantitative estimate of drug-likeness (QED) is 0.800. The first kappa shape index (κ1) is 12.1. The molecule has 90 valence electrons. The Balaban J connectivity index is 2.13. The van der Waals surface area contributed by atoms with E-state index in [1.165, 1.54) is 29.6 Å². The standard InChI is InChI=1S/C9H12N6S2/c1-2-3-11-6-4-7(15-8(10)14-6)16-9-12-5-13-17-9/h4-5H,2-3H2,1H3,(H3,10,11,14,15). The maximum Gasteiger partial charge on any atom is 0.223 e. The minimum Gasteiger partial charge on any atom is -0.370 e. The van der Waals surface area contributed by atoms with Crippen LogP contribution in [0.15, 0.2) is 21.8 Å². The summed E-state index contributed by atoms with van der Waals surface area (Å²) >= 11 is 2.76. The van der Waals surface area contributed by atoms with E-state index in [1.807, 2.05) is 6.07 Å². The van der Waals surface area contributed by atoms with E-state index in [2.05, 4.69) is 31.6 Å². The van der Waals surface area contributed by atoms with Gasteiger partial charge in [0.05, 0.1) is 0 Å². The topological polar surface area (TPSA) is 89.6 Å². The third-order valence-corrected chi connectivity index (χ3v) is 3.44. The third-order valence-electron chi connectivity index (χ3n) is 1.81. The Kier molecular flexibility index (Phi) is 4.10. The van der Waals surface area contributed by atoms with Gasteiger partial charge in [-0.2, -0.15) is 9.36 Å². The lowest BCUT2D eigenvalue weighted by Crippen LogP contribution is -2.05. The van der Waals surface area contributed by atoms with Crippen LogP contribution in [0.25, 0.3) is 0 Å². The molecular weight excluding hydrogens is 256 g/mol. The summed E-state index contributed by atoms with van der Waals surface area (Å²) in [6.07, 6.45) is 2.55. The molecule has 0 saturated carbocycles. The van der Waals surface area contributed by atoms with Crippen molar-refractivity contribution in [1.29, 1.82) is 0 Å². The average Bonchev–Trinajstić information content (AvgIpc) is 2.78. The van der Waals surface area contributed by atoms with Gasteiger partial charge in [-0.25, -0.2) is 9.97 Å². The van der Waals surface area contributed by atoms with Crippen molar-refractivity contribution >= 4 is 35.1 Å². The lowest BCUT2D eigenvalue weighted by molar-refractivity contribution is 0.957. The summed E-state index contributed by atoms with van der Waals surface area (Å²) in [4.78, 5) is 12.3. The molecule has 0 amide bonds. The van der Waals surface area contributed by atoms with E-state index in [0.717, 1.165) is 28.1 Å². The van der Waals surface area contributed by atoms with E-state index < -0.39 is 0 Å². The first-order valence-electron chi connectivity index (χ1n) is 5.11. The van der Waals surface area contributed by atoms with E-state index in [4.69, 9.17) is 5.73 Å². The van der Waals surface area contributed by atoms with Crippen molar-refractivity contribution in [2.75, 3.05) is 17.6 Å². The lowest BCUT2D eigenvalue weighted by Gasteiger charge is -2.05. The van der Waals surface area contributed by atoms with E-state index in [-0.39, 0.29) is 5.95 Å². The lowest BCUT2D eigenvalue weighted by atomic mass is 10.4. The SMILES string of the molecule is CCCNc1cc(Sc2ncns2)nc(N)n1. The van der Waals surface area contributed by atoms with E-state index >= 15 is 0 Å². The fourth-order valence-corrected chi connectivity index (χ4v) is 2.54. The number of nitrogens with two attached hydrogens (primary N) is 1. The molecule has 3 N–H and O–H groups in total. The molecule has 2 aromatic rings. The first-order valence-corrected chi connectivity index (χ1v) is 6.70. The molecule has 0 aliphatic heterocycles. The van der Waals surface area contributed by atoms with Crippen LogP contribution in [-0.2, 0) is 0 Å². The highest BCUT2D eigenvalue weighted by Crippen LogP contribution is 2.28. The second-order valence-corrected chi connectivity index (χ2v) is 5.23. The molecule has 0 radical (unpaired) electrons. The third kappa shape index (κ3) is 3.53. The molecule has 0 saturated heterocycles. The van der Waals surface area contributed by atoms with Gasteiger partial charge < -0.3 is 11.1 Å². The Morgan fingerprint density at radius 3 is 3.06 bits per heavy atom. The molecule has 0 fully saturated rings. The molecule has 0 unspecified atom stereocenters. The van der Waals surface area contributed by atoms with Gasteiger partial charge in [0.15, 0.2) is 4.34 Å². The molecule has 2 aromatic heterocycles. The van der Waals surface area contributed by atoms with Crippen LogP contribution in [0, 0.1) is 0 Å². The zero-order valence-corrected chi connectivity index (χ0v) is 10.9. The summed E-state index contributed by atoms with van der Waals surface area (Å²) in [6.45, 7) is 2.95.